The summed E-state index contributed by atoms with van der Waals surface area (Å²) in [5.41, 5.74) is 0.984. The lowest BCUT2D eigenvalue weighted by atomic mass is 9.83. The fraction of sp³-hybridized carbons (Fsp3) is 0.276. The molecule has 0 radical (unpaired) electrons. The second kappa shape index (κ2) is 9.93. The number of aliphatic hydroxyl groups excluding tert-OH is 1. The molecule has 0 amide bonds. The SMILES string of the molecule is CC(C)(O)c1cn(-c2ccc(-c3cc(F)c(CO)c(S(C)(=O)=O)c3)cc2)c(C(C)(C)c2ccccc2Cl)n1. The number of halogens is 2. The summed E-state index contributed by atoms with van der Waals surface area (Å²) in [5.74, 6) is -0.129. The third-order valence-corrected chi connectivity index (χ3v) is 8.12. The Bertz CT molecular complexity index is 1600. The van der Waals surface area contributed by atoms with Crippen LogP contribution in [0.3, 0.4) is 0 Å². The van der Waals surface area contributed by atoms with Crippen LogP contribution < -0.4 is 0 Å². The zero-order chi connectivity index (χ0) is 28.0. The van der Waals surface area contributed by atoms with Gasteiger partial charge in [0.15, 0.2) is 9.84 Å². The Morgan fingerprint density at radius 2 is 1.63 bits per heavy atom. The van der Waals surface area contributed by atoms with Crippen LogP contribution in [0.1, 0.15) is 50.3 Å². The Kier molecular flexibility index (Phi) is 7.31. The van der Waals surface area contributed by atoms with E-state index < -0.39 is 33.3 Å². The minimum atomic E-state index is -3.76. The van der Waals surface area contributed by atoms with Crippen molar-refractivity contribution in [3.05, 3.63) is 100 Å². The number of hydrogen-bond donors (Lipinski definition) is 2. The van der Waals surface area contributed by atoms with Crippen LogP contribution in [-0.4, -0.2) is 34.4 Å². The zero-order valence-corrected chi connectivity index (χ0v) is 23.4. The lowest BCUT2D eigenvalue weighted by molar-refractivity contribution is 0.0740. The number of nitrogens with zero attached hydrogens (tertiary/aromatic N) is 2. The molecule has 0 aliphatic heterocycles. The summed E-state index contributed by atoms with van der Waals surface area (Å²) >= 11 is 6.55. The van der Waals surface area contributed by atoms with Crippen LogP contribution in [0.25, 0.3) is 16.8 Å². The monoisotopic (exact) mass is 556 g/mol. The van der Waals surface area contributed by atoms with Gasteiger partial charge in [-0.2, -0.15) is 0 Å². The van der Waals surface area contributed by atoms with Gasteiger partial charge in [0.25, 0.3) is 0 Å². The molecule has 4 aromatic rings. The first-order valence-corrected chi connectivity index (χ1v) is 14.2. The van der Waals surface area contributed by atoms with Crippen LogP contribution in [0.2, 0.25) is 5.02 Å². The van der Waals surface area contributed by atoms with Crippen molar-refractivity contribution in [1.29, 1.82) is 0 Å². The number of rotatable bonds is 7. The first-order valence-electron chi connectivity index (χ1n) is 12.0. The fourth-order valence-corrected chi connectivity index (χ4v) is 5.80. The molecule has 4 rings (SSSR count). The minimum absolute atomic E-state index is 0.243. The maximum Gasteiger partial charge on any atom is 0.176 e. The van der Waals surface area contributed by atoms with Crippen molar-refractivity contribution in [2.24, 2.45) is 0 Å². The molecule has 38 heavy (non-hydrogen) atoms. The molecule has 0 bridgehead atoms. The molecule has 3 aromatic carbocycles. The maximum atomic E-state index is 14.7. The third kappa shape index (κ3) is 5.27. The first-order chi connectivity index (χ1) is 17.6. The minimum Gasteiger partial charge on any atom is -0.392 e. The van der Waals surface area contributed by atoms with E-state index in [2.05, 4.69) is 0 Å². The summed E-state index contributed by atoms with van der Waals surface area (Å²) in [6.07, 6.45) is 2.76. The normalized spacial score (nSPS) is 12.7. The summed E-state index contributed by atoms with van der Waals surface area (Å²) < 4.78 is 41.0. The van der Waals surface area contributed by atoms with Crippen molar-refractivity contribution in [3.8, 4) is 16.8 Å². The van der Waals surface area contributed by atoms with Crippen molar-refractivity contribution >= 4 is 21.4 Å². The summed E-state index contributed by atoms with van der Waals surface area (Å²) in [7, 11) is -3.76. The molecule has 0 unspecified atom stereocenters. The number of imidazole rings is 1. The van der Waals surface area contributed by atoms with Gasteiger partial charge in [0.2, 0.25) is 0 Å². The zero-order valence-electron chi connectivity index (χ0n) is 21.8. The van der Waals surface area contributed by atoms with Gasteiger partial charge in [-0.05, 0) is 74.7 Å². The molecule has 0 aliphatic rings. The van der Waals surface area contributed by atoms with Crippen LogP contribution >= 0.6 is 11.6 Å². The maximum absolute atomic E-state index is 14.7. The number of hydrogen-bond acceptors (Lipinski definition) is 5. The van der Waals surface area contributed by atoms with Crippen LogP contribution in [0, 0.1) is 5.82 Å². The largest absolute Gasteiger partial charge is 0.392 e. The summed E-state index contributed by atoms with van der Waals surface area (Å²) in [6, 6.07) is 17.3. The van der Waals surface area contributed by atoms with Crippen molar-refractivity contribution in [1.82, 2.24) is 9.55 Å². The summed E-state index contributed by atoms with van der Waals surface area (Å²) in [4.78, 5) is 4.57. The Labute approximate surface area is 227 Å². The Balaban J connectivity index is 1.84. The first kappa shape index (κ1) is 28.0. The standard InChI is InChI=1S/C29H30ClFN2O4S/c1-28(2,22-8-6-7-9-23(22)30)27-32-26(29(3,4)35)16-33(27)20-12-10-18(11-13-20)19-14-24(31)21(17-34)25(15-19)38(5,36)37/h6-16,34-35H,17H2,1-5H3. The highest BCUT2D eigenvalue weighted by atomic mass is 35.5. The second-order valence-electron chi connectivity index (χ2n) is 10.4. The molecule has 0 saturated heterocycles. The lowest BCUT2D eigenvalue weighted by Gasteiger charge is -2.27. The number of benzene rings is 3. The van der Waals surface area contributed by atoms with Crippen LogP contribution in [0.15, 0.2) is 71.8 Å². The molecule has 6 nitrogen and oxygen atoms in total. The van der Waals surface area contributed by atoms with Crippen molar-refractivity contribution in [3.63, 3.8) is 0 Å². The molecular formula is C29H30ClFN2O4S. The van der Waals surface area contributed by atoms with Crippen molar-refractivity contribution < 1.29 is 23.0 Å². The molecule has 0 aliphatic carbocycles. The van der Waals surface area contributed by atoms with Gasteiger partial charge in [-0.3, -0.25) is 0 Å². The van der Waals surface area contributed by atoms with E-state index in [4.69, 9.17) is 16.6 Å². The van der Waals surface area contributed by atoms with Gasteiger partial charge in [-0.1, -0.05) is 41.9 Å². The highest BCUT2D eigenvalue weighted by Gasteiger charge is 2.33. The topological polar surface area (TPSA) is 92.4 Å². The fourth-order valence-electron chi connectivity index (χ4n) is 4.48. The molecule has 0 fully saturated rings. The highest BCUT2D eigenvalue weighted by molar-refractivity contribution is 7.90. The van der Waals surface area contributed by atoms with E-state index in [-0.39, 0.29) is 10.5 Å². The highest BCUT2D eigenvalue weighted by Crippen LogP contribution is 2.38. The van der Waals surface area contributed by atoms with Gasteiger partial charge in [-0.25, -0.2) is 17.8 Å². The van der Waals surface area contributed by atoms with Gasteiger partial charge < -0.3 is 14.8 Å². The average Bonchev–Trinajstić information content (AvgIpc) is 3.30. The van der Waals surface area contributed by atoms with Crippen LogP contribution in [-0.2, 0) is 27.5 Å². The van der Waals surface area contributed by atoms with Gasteiger partial charge >= 0.3 is 0 Å². The molecule has 200 valence electrons. The Morgan fingerprint density at radius 1 is 1.00 bits per heavy atom. The summed E-state index contributed by atoms with van der Waals surface area (Å²) in [6.45, 7) is 6.63. The molecule has 0 saturated carbocycles. The predicted octanol–water partition coefficient (Wildman–Crippen LogP) is 5.78. The van der Waals surface area contributed by atoms with E-state index in [1.807, 2.05) is 54.8 Å². The number of sulfone groups is 1. The van der Waals surface area contributed by atoms with Crippen LogP contribution in [0.5, 0.6) is 0 Å². The molecule has 0 spiro atoms. The Morgan fingerprint density at radius 3 is 2.18 bits per heavy atom. The van der Waals surface area contributed by atoms with E-state index in [1.54, 1.807) is 32.2 Å². The molecule has 1 heterocycles. The molecule has 1 aromatic heterocycles. The van der Waals surface area contributed by atoms with Gasteiger partial charge in [0.05, 0.1) is 17.2 Å². The second-order valence-corrected chi connectivity index (χ2v) is 12.8. The quantitative estimate of drug-likeness (QED) is 0.301. The number of aliphatic hydroxyl groups is 2. The molecule has 0 atom stereocenters. The smallest absolute Gasteiger partial charge is 0.176 e. The van der Waals surface area contributed by atoms with Crippen molar-refractivity contribution in [2.45, 2.75) is 50.2 Å². The third-order valence-electron chi connectivity index (χ3n) is 6.63. The average molecular weight is 557 g/mol. The molecule has 2 N–H and O–H groups in total. The van der Waals surface area contributed by atoms with E-state index in [1.165, 1.54) is 12.1 Å². The van der Waals surface area contributed by atoms with Gasteiger partial charge in [0.1, 0.15) is 17.2 Å². The van der Waals surface area contributed by atoms with E-state index >= 15 is 0 Å². The van der Waals surface area contributed by atoms with E-state index in [9.17, 15) is 23.0 Å². The van der Waals surface area contributed by atoms with E-state index in [0.717, 1.165) is 17.5 Å². The summed E-state index contributed by atoms with van der Waals surface area (Å²) in [5, 5.41) is 20.8. The Hall–Kier alpha value is -3.04. The van der Waals surface area contributed by atoms with Crippen molar-refractivity contribution in [2.75, 3.05) is 6.26 Å². The number of aromatic nitrogens is 2. The van der Waals surface area contributed by atoms with E-state index in [0.29, 0.717) is 27.7 Å². The van der Waals surface area contributed by atoms with Gasteiger partial charge in [0, 0.05) is 34.1 Å². The van der Waals surface area contributed by atoms with Crippen LogP contribution in [0.4, 0.5) is 4.39 Å². The molecule has 9 heteroatoms. The lowest BCUT2D eigenvalue weighted by Crippen LogP contribution is -2.25. The van der Waals surface area contributed by atoms with Gasteiger partial charge in [-0.15, -0.1) is 0 Å². The predicted molar refractivity (Wildman–Crippen MR) is 147 cm³/mol. The molecular weight excluding hydrogens is 527 g/mol.